The first kappa shape index (κ1) is 18.2. The van der Waals surface area contributed by atoms with Gasteiger partial charge >= 0.3 is 6.03 Å². The molecule has 138 valence electrons. The summed E-state index contributed by atoms with van der Waals surface area (Å²) in [6.45, 7) is 3.65. The lowest BCUT2D eigenvalue weighted by Gasteiger charge is -2.36. The fraction of sp³-hybridized carbons (Fsp3) is 0.650. The molecule has 2 amide bonds. The third-order valence-corrected chi connectivity index (χ3v) is 5.65. The number of fused-ring (bicyclic) bond motifs is 1. The van der Waals surface area contributed by atoms with E-state index in [1.807, 2.05) is 6.07 Å². The van der Waals surface area contributed by atoms with Crippen LogP contribution in [0.5, 0.6) is 0 Å². The Bertz CT molecular complexity index is 598. The predicted molar refractivity (Wildman–Crippen MR) is 97.4 cm³/mol. The van der Waals surface area contributed by atoms with E-state index in [1.165, 1.54) is 11.1 Å². The minimum absolute atomic E-state index is 0.0259. The number of aliphatic hydroxyl groups is 1. The number of nitrogens with one attached hydrogen (secondary N) is 1. The molecule has 0 unspecified atom stereocenters. The number of hydrogen-bond acceptors (Lipinski definition) is 3. The number of urea groups is 1. The van der Waals surface area contributed by atoms with Gasteiger partial charge in [-0.2, -0.15) is 0 Å². The van der Waals surface area contributed by atoms with Gasteiger partial charge in [0, 0.05) is 33.1 Å². The van der Waals surface area contributed by atoms with E-state index in [0.29, 0.717) is 38.5 Å². The second kappa shape index (κ2) is 7.75. The number of amides is 2. The Morgan fingerprint density at radius 3 is 2.84 bits per heavy atom. The minimum Gasteiger partial charge on any atom is -0.388 e. The molecule has 2 N–H and O–H groups in total. The van der Waals surface area contributed by atoms with Crippen molar-refractivity contribution < 1.29 is 14.6 Å². The maximum Gasteiger partial charge on any atom is 0.317 e. The number of carbonyl (C=O) groups is 1. The zero-order valence-corrected chi connectivity index (χ0v) is 15.3. The molecule has 0 radical (unpaired) electrons. The highest BCUT2D eigenvalue weighted by Crippen LogP contribution is 2.33. The summed E-state index contributed by atoms with van der Waals surface area (Å²) >= 11 is 0. The Labute approximate surface area is 150 Å². The van der Waals surface area contributed by atoms with Crippen LogP contribution in [0, 0.1) is 5.92 Å². The second-order valence-electron chi connectivity index (χ2n) is 7.69. The monoisotopic (exact) mass is 346 g/mol. The fourth-order valence-electron chi connectivity index (χ4n) is 4.04. The van der Waals surface area contributed by atoms with E-state index in [1.54, 1.807) is 11.9 Å². The van der Waals surface area contributed by atoms with Gasteiger partial charge in [-0.15, -0.1) is 0 Å². The smallest absolute Gasteiger partial charge is 0.317 e. The molecule has 3 rings (SSSR count). The third-order valence-electron chi connectivity index (χ3n) is 5.65. The molecule has 1 aliphatic carbocycles. The quantitative estimate of drug-likeness (QED) is 0.827. The van der Waals surface area contributed by atoms with Crippen LogP contribution in [-0.2, 0) is 11.2 Å². The predicted octanol–water partition coefficient (Wildman–Crippen LogP) is 2.88. The second-order valence-corrected chi connectivity index (χ2v) is 7.69. The van der Waals surface area contributed by atoms with Gasteiger partial charge in [0.2, 0.25) is 0 Å². The van der Waals surface area contributed by atoms with E-state index >= 15 is 0 Å². The summed E-state index contributed by atoms with van der Waals surface area (Å²) in [5, 5.41) is 13.9. The molecule has 0 bridgehead atoms. The van der Waals surface area contributed by atoms with Crippen LogP contribution in [0.3, 0.4) is 0 Å². The van der Waals surface area contributed by atoms with Crippen molar-refractivity contribution in [2.24, 2.45) is 5.92 Å². The third kappa shape index (κ3) is 4.33. The van der Waals surface area contributed by atoms with E-state index in [0.717, 1.165) is 19.3 Å². The van der Waals surface area contributed by atoms with Crippen molar-refractivity contribution in [2.75, 3.05) is 26.8 Å². The van der Waals surface area contributed by atoms with E-state index in [-0.39, 0.29) is 12.1 Å². The standard InChI is InChI=1S/C20H30N2O3/c1-15-6-5-8-16-7-3-4-9-17(16)18(15)21-19(23)22(2)14-20(24)10-12-25-13-11-20/h3-4,7,9,15,18,24H,5-6,8,10-14H2,1-2H3,(H,21,23)/t15-,18+/m1/s1. The van der Waals surface area contributed by atoms with Gasteiger partial charge in [-0.05, 0) is 36.3 Å². The lowest BCUT2D eigenvalue weighted by molar-refractivity contribution is -0.0723. The average Bonchev–Trinajstić information content (AvgIpc) is 2.74. The Kier molecular flexibility index (Phi) is 5.64. The highest BCUT2D eigenvalue weighted by atomic mass is 16.5. The van der Waals surface area contributed by atoms with Crippen LogP contribution >= 0.6 is 0 Å². The molecule has 0 spiro atoms. The number of ether oxygens (including phenoxy) is 1. The van der Waals surface area contributed by atoms with Crippen molar-refractivity contribution >= 4 is 6.03 Å². The molecule has 0 saturated carbocycles. The van der Waals surface area contributed by atoms with Gasteiger partial charge < -0.3 is 20.1 Å². The van der Waals surface area contributed by atoms with E-state index in [4.69, 9.17) is 4.74 Å². The maximum absolute atomic E-state index is 12.8. The van der Waals surface area contributed by atoms with Crippen LogP contribution in [0.4, 0.5) is 4.79 Å². The van der Waals surface area contributed by atoms with Crippen molar-refractivity contribution in [1.82, 2.24) is 10.2 Å². The highest BCUT2D eigenvalue weighted by Gasteiger charge is 2.33. The lowest BCUT2D eigenvalue weighted by Crippen LogP contribution is -2.50. The summed E-state index contributed by atoms with van der Waals surface area (Å²) in [5.74, 6) is 0.396. The van der Waals surface area contributed by atoms with Crippen molar-refractivity contribution in [3.8, 4) is 0 Å². The van der Waals surface area contributed by atoms with Gasteiger partial charge in [-0.1, -0.05) is 31.2 Å². The summed E-state index contributed by atoms with van der Waals surface area (Å²) < 4.78 is 5.32. The lowest BCUT2D eigenvalue weighted by atomic mass is 9.92. The van der Waals surface area contributed by atoms with E-state index in [9.17, 15) is 9.90 Å². The number of rotatable bonds is 3. The molecule has 1 fully saturated rings. The highest BCUT2D eigenvalue weighted by molar-refractivity contribution is 5.74. The molecule has 1 heterocycles. The molecule has 2 atom stereocenters. The van der Waals surface area contributed by atoms with Crippen LogP contribution in [0.25, 0.3) is 0 Å². The summed E-state index contributed by atoms with van der Waals surface area (Å²) in [6.07, 6.45) is 4.48. The summed E-state index contributed by atoms with van der Waals surface area (Å²) in [6, 6.07) is 8.33. The van der Waals surface area contributed by atoms with Crippen LogP contribution in [0.15, 0.2) is 24.3 Å². The molecule has 5 heteroatoms. The van der Waals surface area contributed by atoms with Gasteiger partial charge in [0.15, 0.2) is 0 Å². The number of aryl methyl sites for hydroxylation is 1. The summed E-state index contributed by atoms with van der Waals surface area (Å²) in [7, 11) is 1.76. The molecular formula is C20H30N2O3. The van der Waals surface area contributed by atoms with Crippen LogP contribution in [0.2, 0.25) is 0 Å². The number of likely N-dealkylation sites (N-methyl/N-ethyl adjacent to an activating group) is 1. The van der Waals surface area contributed by atoms with Gasteiger partial charge in [0.1, 0.15) is 0 Å². The molecule has 0 aromatic heterocycles. The number of carbonyl (C=O) groups excluding carboxylic acids is 1. The SMILES string of the molecule is C[C@@H]1CCCc2ccccc2[C@H]1NC(=O)N(C)CC1(O)CCOCC1. The molecular weight excluding hydrogens is 316 g/mol. The minimum atomic E-state index is -0.836. The van der Waals surface area contributed by atoms with Crippen LogP contribution in [-0.4, -0.2) is 48.4 Å². The maximum atomic E-state index is 12.8. The zero-order valence-electron chi connectivity index (χ0n) is 15.3. The Morgan fingerprint density at radius 2 is 2.08 bits per heavy atom. The Morgan fingerprint density at radius 1 is 1.36 bits per heavy atom. The van der Waals surface area contributed by atoms with Crippen LogP contribution in [0.1, 0.15) is 49.8 Å². The largest absolute Gasteiger partial charge is 0.388 e. The first-order valence-electron chi connectivity index (χ1n) is 9.38. The average molecular weight is 346 g/mol. The Hall–Kier alpha value is -1.59. The molecule has 1 aromatic carbocycles. The number of nitrogens with zero attached hydrogens (tertiary/aromatic N) is 1. The van der Waals surface area contributed by atoms with Crippen molar-refractivity contribution in [1.29, 1.82) is 0 Å². The molecule has 2 aliphatic rings. The summed E-state index contributed by atoms with van der Waals surface area (Å²) in [4.78, 5) is 14.4. The van der Waals surface area contributed by atoms with Crippen molar-refractivity contribution in [2.45, 2.75) is 50.7 Å². The topological polar surface area (TPSA) is 61.8 Å². The van der Waals surface area contributed by atoms with Gasteiger partial charge in [-0.3, -0.25) is 0 Å². The summed E-state index contributed by atoms with van der Waals surface area (Å²) in [5.41, 5.74) is 1.74. The Balaban J connectivity index is 1.68. The van der Waals surface area contributed by atoms with Gasteiger partial charge in [0.25, 0.3) is 0 Å². The van der Waals surface area contributed by atoms with Crippen molar-refractivity contribution in [3.05, 3.63) is 35.4 Å². The fourth-order valence-corrected chi connectivity index (χ4v) is 4.04. The van der Waals surface area contributed by atoms with Gasteiger partial charge in [-0.25, -0.2) is 4.79 Å². The first-order valence-corrected chi connectivity index (χ1v) is 9.38. The van der Waals surface area contributed by atoms with E-state index < -0.39 is 5.60 Å². The molecule has 5 nitrogen and oxygen atoms in total. The molecule has 1 aromatic rings. The van der Waals surface area contributed by atoms with Crippen molar-refractivity contribution in [3.63, 3.8) is 0 Å². The number of hydrogen-bond donors (Lipinski definition) is 2. The van der Waals surface area contributed by atoms with E-state index in [2.05, 4.69) is 30.4 Å². The first-order chi connectivity index (χ1) is 12.0. The normalized spacial score (nSPS) is 25.6. The van der Waals surface area contributed by atoms with Gasteiger partial charge in [0.05, 0.1) is 18.2 Å². The molecule has 1 saturated heterocycles. The zero-order chi connectivity index (χ0) is 17.9. The van der Waals surface area contributed by atoms with Crippen LogP contribution < -0.4 is 5.32 Å². The molecule has 1 aliphatic heterocycles. The number of benzene rings is 1. The molecule has 25 heavy (non-hydrogen) atoms.